The SMILES string of the molecule is Cc1cc(-n2c3[c-]c(Oc4[c-]c(N5[CH-]N(c6c(-c7ccccc7)cc(C(C)(C)C)cc6-c6ccccc6)c6ccccc65)cc(C(C)(C)C)c4)ccc3c3ccccc32)nc2occc12.[Pt]. The Labute approximate surface area is 401 Å². The summed E-state index contributed by atoms with van der Waals surface area (Å²) in [5.74, 6) is 1.95. The van der Waals surface area contributed by atoms with Crippen LogP contribution in [0.25, 0.3) is 61.0 Å². The van der Waals surface area contributed by atoms with E-state index in [2.05, 4.69) is 227 Å². The van der Waals surface area contributed by atoms with E-state index in [0.717, 1.165) is 78.0 Å². The van der Waals surface area contributed by atoms with Crippen LogP contribution in [0.5, 0.6) is 11.5 Å². The number of rotatable bonds is 7. The number of furan rings is 1. The van der Waals surface area contributed by atoms with Crippen LogP contribution in [0.15, 0.2) is 168 Å². The molecule has 10 aromatic rings. The van der Waals surface area contributed by atoms with Gasteiger partial charge in [0.2, 0.25) is 5.71 Å². The number of hydrogen-bond acceptors (Lipinski definition) is 5. The number of ether oxygens (including phenoxy) is 1. The molecule has 1 aliphatic heterocycles. The molecule has 0 fully saturated rings. The first-order chi connectivity index (χ1) is 31.4. The molecule has 0 saturated carbocycles. The molecule has 0 saturated heterocycles. The van der Waals surface area contributed by atoms with Crippen molar-refractivity contribution in [2.45, 2.75) is 59.3 Å². The van der Waals surface area contributed by atoms with Crippen LogP contribution in [0.4, 0.5) is 22.7 Å². The van der Waals surface area contributed by atoms with Gasteiger partial charge < -0.3 is 23.5 Å². The number of benzene rings is 7. The van der Waals surface area contributed by atoms with Crippen molar-refractivity contribution in [2.24, 2.45) is 0 Å². The second-order valence-electron chi connectivity index (χ2n) is 19.1. The first kappa shape index (κ1) is 43.0. The topological polar surface area (TPSA) is 46.7 Å². The zero-order chi connectivity index (χ0) is 44.6. The largest absolute Gasteiger partial charge is 0.509 e. The second-order valence-corrected chi connectivity index (χ2v) is 19.1. The Morgan fingerprint density at radius 1 is 0.576 bits per heavy atom. The van der Waals surface area contributed by atoms with E-state index < -0.39 is 0 Å². The fourth-order valence-electron chi connectivity index (χ4n) is 9.13. The molecule has 66 heavy (non-hydrogen) atoms. The summed E-state index contributed by atoms with van der Waals surface area (Å²) < 4.78 is 14.8. The summed E-state index contributed by atoms with van der Waals surface area (Å²) >= 11 is 0. The molecule has 0 N–H and O–H groups in total. The predicted octanol–water partition coefficient (Wildman–Crippen LogP) is 16.0. The fraction of sp³-hybridized carbons (Fsp3) is 0.153. The standard InChI is InChI=1S/C59H49N4O2.Pt/c1-38-30-55(60-57-46(38)28-29-64-57)63-51-23-15-14-22-47(51)48-27-26-44(36-54(48)63)65-45-32-41(58(2,3)4)31-43(35-45)61-37-62(53-25-17-16-24-52(53)61)56-49(39-18-10-8-11-19-39)33-42(59(5,6)7)34-50(56)40-20-12-9-13-21-40;/h8-34,37H,1-7H3;/q-3;. The van der Waals surface area contributed by atoms with E-state index in [1.807, 2.05) is 12.1 Å². The zero-order valence-corrected chi connectivity index (χ0v) is 40.4. The first-order valence-corrected chi connectivity index (χ1v) is 22.3. The maximum absolute atomic E-state index is 6.87. The van der Waals surface area contributed by atoms with Gasteiger partial charge in [0.05, 0.1) is 6.26 Å². The quantitative estimate of drug-likeness (QED) is 0.149. The summed E-state index contributed by atoms with van der Waals surface area (Å²) in [7, 11) is 0. The summed E-state index contributed by atoms with van der Waals surface area (Å²) in [6.07, 6.45) is 1.69. The van der Waals surface area contributed by atoms with Gasteiger partial charge >= 0.3 is 0 Å². The molecular formula is C59H49N4O2Pt-3. The predicted molar refractivity (Wildman–Crippen MR) is 267 cm³/mol. The fourth-order valence-corrected chi connectivity index (χ4v) is 9.13. The van der Waals surface area contributed by atoms with Gasteiger partial charge in [-0.25, -0.2) is 0 Å². The van der Waals surface area contributed by atoms with E-state index >= 15 is 0 Å². The van der Waals surface area contributed by atoms with Crippen LogP contribution in [-0.2, 0) is 31.9 Å². The molecule has 0 radical (unpaired) electrons. The Balaban J connectivity index is 0.00000511. The van der Waals surface area contributed by atoms with Gasteiger partial charge in [0.25, 0.3) is 0 Å². The Morgan fingerprint density at radius 2 is 1.18 bits per heavy atom. The molecule has 0 unspecified atom stereocenters. The molecule has 0 atom stereocenters. The number of anilines is 4. The summed E-state index contributed by atoms with van der Waals surface area (Å²) in [4.78, 5) is 9.58. The van der Waals surface area contributed by atoms with Crippen LogP contribution in [0.3, 0.4) is 0 Å². The number of aryl methyl sites for hydroxylation is 1. The van der Waals surface area contributed by atoms with Crippen molar-refractivity contribution in [3.05, 3.63) is 199 Å². The van der Waals surface area contributed by atoms with Gasteiger partial charge in [-0.15, -0.1) is 53.6 Å². The van der Waals surface area contributed by atoms with Gasteiger partial charge in [-0.3, -0.25) is 0 Å². The van der Waals surface area contributed by atoms with Crippen molar-refractivity contribution < 1.29 is 30.2 Å². The molecule has 330 valence electrons. The minimum atomic E-state index is -0.196. The molecule has 3 aromatic heterocycles. The first-order valence-electron chi connectivity index (χ1n) is 22.3. The molecule has 7 heteroatoms. The van der Waals surface area contributed by atoms with Crippen molar-refractivity contribution in [3.8, 4) is 39.6 Å². The van der Waals surface area contributed by atoms with Gasteiger partial charge in [-0.1, -0.05) is 138 Å². The average Bonchev–Trinajstić information content (AvgIpc) is 4.03. The Kier molecular flexibility index (Phi) is 10.8. The molecule has 0 amide bonds. The van der Waals surface area contributed by atoms with Crippen LogP contribution in [0.2, 0.25) is 0 Å². The molecule has 0 bridgehead atoms. The Morgan fingerprint density at radius 3 is 1.85 bits per heavy atom. The van der Waals surface area contributed by atoms with E-state index in [1.54, 1.807) is 6.26 Å². The van der Waals surface area contributed by atoms with Crippen molar-refractivity contribution in [3.63, 3.8) is 0 Å². The van der Waals surface area contributed by atoms with E-state index in [1.165, 1.54) is 16.7 Å². The monoisotopic (exact) mass is 1040 g/mol. The number of aromatic nitrogens is 2. The van der Waals surface area contributed by atoms with Gasteiger partial charge in [0.1, 0.15) is 5.82 Å². The van der Waals surface area contributed by atoms with E-state index in [-0.39, 0.29) is 31.9 Å². The van der Waals surface area contributed by atoms with Gasteiger partial charge in [0.15, 0.2) is 0 Å². The van der Waals surface area contributed by atoms with E-state index in [0.29, 0.717) is 17.2 Å². The van der Waals surface area contributed by atoms with Crippen molar-refractivity contribution in [1.82, 2.24) is 9.55 Å². The summed E-state index contributed by atoms with van der Waals surface area (Å²) in [5, 5.41) is 3.17. The number of pyridine rings is 1. The third-order valence-corrected chi connectivity index (χ3v) is 12.6. The molecule has 7 aromatic carbocycles. The molecule has 0 spiro atoms. The molecule has 0 aliphatic carbocycles. The number of hydrogen-bond donors (Lipinski definition) is 0. The molecule has 4 heterocycles. The summed E-state index contributed by atoms with van der Waals surface area (Å²) in [6.45, 7) is 17.9. The normalized spacial score (nSPS) is 12.8. The van der Waals surface area contributed by atoms with E-state index in [4.69, 9.17) is 14.1 Å². The van der Waals surface area contributed by atoms with Crippen molar-refractivity contribution >= 4 is 55.7 Å². The zero-order valence-electron chi connectivity index (χ0n) is 38.1. The number of para-hydroxylation sites is 3. The number of nitrogens with zero attached hydrogens (tertiary/aromatic N) is 4. The molecule has 1 aliphatic rings. The third-order valence-electron chi connectivity index (χ3n) is 12.6. The number of fused-ring (bicyclic) bond motifs is 5. The van der Waals surface area contributed by atoms with Crippen LogP contribution in [0.1, 0.15) is 58.2 Å². The van der Waals surface area contributed by atoms with Gasteiger partial charge in [-0.05, 0) is 87.9 Å². The Bertz CT molecular complexity index is 3370. The summed E-state index contributed by atoms with van der Waals surface area (Å²) in [6, 6.07) is 63.2. The third kappa shape index (κ3) is 7.57. The minimum Gasteiger partial charge on any atom is -0.509 e. The van der Waals surface area contributed by atoms with Crippen LogP contribution < -0.4 is 14.5 Å². The van der Waals surface area contributed by atoms with Gasteiger partial charge in [-0.2, -0.15) is 11.1 Å². The Hall–Kier alpha value is -6.88. The van der Waals surface area contributed by atoms with E-state index in [9.17, 15) is 0 Å². The van der Waals surface area contributed by atoms with Crippen LogP contribution >= 0.6 is 0 Å². The van der Waals surface area contributed by atoms with Crippen LogP contribution in [0, 0.1) is 25.7 Å². The van der Waals surface area contributed by atoms with Crippen LogP contribution in [-0.4, -0.2) is 9.55 Å². The molecule has 11 rings (SSSR count). The molecular weight excluding hydrogens is 992 g/mol. The maximum Gasteiger partial charge on any atom is 0.228 e. The minimum absolute atomic E-state index is 0. The van der Waals surface area contributed by atoms with Crippen molar-refractivity contribution in [2.75, 3.05) is 9.80 Å². The average molecular weight is 1040 g/mol. The molecule has 6 nitrogen and oxygen atoms in total. The second kappa shape index (κ2) is 16.5. The maximum atomic E-state index is 6.87. The van der Waals surface area contributed by atoms with Crippen molar-refractivity contribution in [1.29, 1.82) is 0 Å². The van der Waals surface area contributed by atoms with Gasteiger partial charge in [0, 0.05) is 71.7 Å². The smallest absolute Gasteiger partial charge is 0.228 e. The summed E-state index contributed by atoms with van der Waals surface area (Å²) in [5.41, 5.74) is 14.5.